The van der Waals surface area contributed by atoms with Gasteiger partial charge in [0.25, 0.3) is 0 Å². The predicted molar refractivity (Wildman–Crippen MR) is 290 cm³/mol. The van der Waals surface area contributed by atoms with Crippen molar-refractivity contribution in [3.8, 4) is 39.1 Å². The van der Waals surface area contributed by atoms with Crippen molar-refractivity contribution >= 4 is 38.9 Å². The molecule has 0 atom stereocenters. The molecule has 0 saturated heterocycles. The fraction of sp³-hybridized carbons (Fsp3) is 0.0149. The van der Waals surface area contributed by atoms with Crippen molar-refractivity contribution in [2.24, 2.45) is 0 Å². The zero-order valence-electron chi connectivity index (χ0n) is 38.1. The molecule has 12 aromatic rings. The summed E-state index contributed by atoms with van der Waals surface area (Å²) in [6.45, 7) is 0. The molecule has 0 saturated carbocycles. The molecule has 0 amide bonds. The maximum Gasteiger partial charge on any atom is 0.0702 e. The highest BCUT2D eigenvalue weighted by Gasteiger charge is 2.38. The van der Waals surface area contributed by atoms with Gasteiger partial charge in [-0.3, -0.25) is 0 Å². The van der Waals surface area contributed by atoms with E-state index in [0.717, 1.165) is 45.0 Å². The minimum atomic E-state index is -0.613. The Bertz CT molecular complexity index is 3540. The van der Waals surface area contributed by atoms with Crippen LogP contribution in [0.3, 0.4) is 0 Å². The highest BCUT2D eigenvalue weighted by atomic mass is 15.1. The molecule has 69 heavy (non-hydrogen) atoms. The van der Waals surface area contributed by atoms with Crippen molar-refractivity contribution < 1.29 is 0 Å². The van der Waals surface area contributed by atoms with Crippen LogP contribution in [0.5, 0.6) is 0 Å². The van der Waals surface area contributed by atoms with Crippen molar-refractivity contribution in [1.82, 2.24) is 4.57 Å². The first-order valence-corrected chi connectivity index (χ1v) is 23.8. The van der Waals surface area contributed by atoms with Crippen LogP contribution in [-0.2, 0) is 5.41 Å². The van der Waals surface area contributed by atoms with E-state index in [1.54, 1.807) is 0 Å². The molecule has 0 radical (unpaired) electrons. The van der Waals surface area contributed by atoms with Gasteiger partial charge < -0.3 is 9.47 Å². The van der Waals surface area contributed by atoms with Gasteiger partial charge in [-0.1, -0.05) is 237 Å². The summed E-state index contributed by atoms with van der Waals surface area (Å²) in [5.41, 5.74) is 17.8. The van der Waals surface area contributed by atoms with Gasteiger partial charge in [-0.05, 0) is 105 Å². The minimum Gasteiger partial charge on any atom is -0.310 e. The number of aromatic nitrogens is 1. The standard InChI is InChI=1S/C67H48N2/c1-6-23-49(24-7-1)50-41-43-56(44-42-50)68(57-34-22-33-55(47-57)67(52-27-10-3-11-28-52,53-29-12-4-13-30-53)54-31-14-5-15-32-54)58-45-46-59(63(48-58)51-25-8-2-9-26-51)60-35-16-19-38-64(60)69-65-39-20-17-36-61(65)62-37-18-21-40-66(62)69/h1-48H. The number of rotatable bonds is 11. The Morgan fingerprint density at radius 2 is 0.696 bits per heavy atom. The van der Waals surface area contributed by atoms with E-state index in [9.17, 15) is 0 Å². The van der Waals surface area contributed by atoms with Crippen molar-refractivity contribution in [3.05, 3.63) is 313 Å². The van der Waals surface area contributed by atoms with Crippen LogP contribution in [0.4, 0.5) is 17.1 Å². The quantitative estimate of drug-likeness (QED) is 0.118. The van der Waals surface area contributed by atoms with Gasteiger partial charge in [0.1, 0.15) is 0 Å². The van der Waals surface area contributed by atoms with E-state index in [0.29, 0.717) is 0 Å². The van der Waals surface area contributed by atoms with E-state index in [1.807, 2.05) is 0 Å². The molecule has 0 aliphatic heterocycles. The van der Waals surface area contributed by atoms with Crippen molar-refractivity contribution in [1.29, 1.82) is 0 Å². The number of nitrogens with zero attached hydrogens (tertiary/aromatic N) is 2. The van der Waals surface area contributed by atoms with Crippen molar-refractivity contribution in [3.63, 3.8) is 0 Å². The van der Waals surface area contributed by atoms with Gasteiger partial charge in [-0.25, -0.2) is 0 Å². The Labute approximate surface area is 404 Å². The average Bonchev–Trinajstić information content (AvgIpc) is 3.77. The second-order valence-electron chi connectivity index (χ2n) is 17.6. The summed E-state index contributed by atoms with van der Waals surface area (Å²) in [6.07, 6.45) is 0. The highest BCUT2D eigenvalue weighted by molar-refractivity contribution is 6.10. The van der Waals surface area contributed by atoms with Gasteiger partial charge in [0, 0.05) is 33.4 Å². The molecule has 0 fully saturated rings. The van der Waals surface area contributed by atoms with Gasteiger partial charge in [-0.15, -0.1) is 0 Å². The largest absolute Gasteiger partial charge is 0.310 e. The van der Waals surface area contributed by atoms with E-state index in [4.69, 9.17) is 0 Å². The molecule has 1 aromatic heterocycles. The summed E-state index contributed by atoms with van der Waals surface area (Å²) in [5.74, 6) is 0. The third-order valence-electron chi connectivity index (χ3n) is 13.8. The Morgan fingerprint density at radius 1 is 0.261 bits per heavy atom. The first-order chi connectivity index (χ1) is 34.3. The second-order valence-corrected chi connectivity index (χ2v) is 17.6. The van der Waals surface area contributed by atoms with Gasteiger partial charge in [0.2, 0.25) is 0 Å². The molecule has 0 aliphatic carbocycles. The molecular formula is C67H48N2. The summed E-state index contributed by atoms with van der Waals surface area (Å²) < 4.78 is 2.44. The number of para-hydroxylation sites is 3. The first kappa shape index (κ1) is 41.5. The summed E-state index contributed by atoms with van der Waals surface area (Å²) >= 11 is 0. The molecule has 326 valence electrons. The average molecular weight is 881 g/mol. The SMILES string of the molecule is c1ccc(-c2ccc(N(c3cccc(C(c4ccccc4)(c4ccccc4)c4ccccc4)c3)c3ccc(-c4ccccc4-n4c5ccccc5c5ccccc54)c(-c4ccccc4)c3)cc2)cc1. The van der Waals surface area contributed by atoms with Gasteiger partial charge in [0.15, 0.2) is 0 Å². The van der Waals surface area contributed by atoms with E-state index in [-0.39, 0.29) is 0 Å². The predicted octanol–water partition coefficient (Wildman–Crippen LogP) is 17.6. The lowest BCUT2D eigenvalue weighted by molar-refractivity contribution is 0.745. The van der Waals surface area contributed by atoms with Crippen LogP contribution in [-0.4, -0.2) is 4.57 Å². The van der Waals surface area contributed by atoms with Crippen LogP contribution < -0.4 is 4.90 Å². The van der Waals surface area contributed by atoms with E-state index in [1.165, 1.54) is 55.2 Å². The summed E-state index contributed by atoms with van der Waals surface area (Å²) in [5, 5.41) is 2.49. The molecule has 0 N–H and O–H groups in total. The minimum absolute atomic E-state index is 0.613. The lowest BCUT2D eigenvalue weighted by Crippen LogP contribution is -2.31. The third kappa shape index (κ3) is 7.40. The summed E-state index contributed by atoms with van der Waals surface area (Å²) in [7, 11) is 0. The fourth-order valence-corrected chi connectivity index (χ4v) is 10.7. The van der Waals surface area contributed by atoms with Crippen molar-refractivity contribution in [2.75, 3.05) is 4.90 Å². The molecule has 0 spiro atoms. The molecule has 1 heterocycles. The molecule has 0 aliphatic rings. The number of fused-ring (bicyclic) bond motifs is 3. The molecule has 2 nitrogen and oxygen atoms in total. The van der Waals surface area contributed by atoms with Crippen LogP contribution in [0.2, 0.25) is 0 Å². The molecule has 11 aromatic carbocycles. The topological polar surface area (TPSA) is 8.17 Å². The summed E-state index contributed by atoms with van der Waals surface area (Å²) in [6, 6.07) is 106. The number of anilines is 3. The van der Waals surface area contributed by atoms with Crippen LogP contribution in [0, 0.1) is 0 Å². The first-order valence-electron chi connectivity index (χ1n) is 23.8. The smallest absolute Gasteiger partial charge is 0.0702 e. The lowest BCUT2D eigenvalue weighted by Gasteiger charge is -2.37. The van der Waals surface area contributed by atoms with Gasteiger partial charge >= 0.3 is 0 Å². The molecule has 2 heteroatoms. The monoisotopic (exact) mass is 880 g/mol. The van der Waals surface area contributed by atoms with Crippen molar-refractivity contribution in [2.45, 2.75) is 5.41 Å². The Kier molecular flexibility index (Phi) is 10.8. The van der Waals surface area contributed by atoms with Crippen LogP contribution in [0.25, 0.3) is 60.9 Å². The Morgan fingerprint density at radius 3 is 1.28 bits per heavy atom. The molecule has 0 bridgehead atoms. The Hall–Kier alpha value is -8.98. The number of hydrogen-bond acceptors (Lipinski definition) is 1. The molecular weight excluding hydrogens is 833 g/mol. The van der Waals surface area contributed by atoms with E-state index >= 15 is 0 Å². The third-order valence-corrected chi connectivity index (χ3v) is 13.8. The molecule has 0 unspecified atom stereocenters. The van der Waals surface area contributed by atoms with Gasteiger partial charge in [0.05, 0.1) is 22.1 Å². The zero-order valence-corrected chi connectivity index (χ0v) is 38.1. The van der Waals surface area contributed by atoms with Crippen LogP contribution in [0.1, 0.15) is 22.3 Å². The maximum atomic E-state index is 2.44. The van der Waals surface area contributed by atoms with E-state index < -0.39 is 5.41 Å². The number of benzene rings is 11. The summed E-state index contributed by atoms with van der Waals surface area (Å²) in [4.78, 5) is 2.43. The highest BCUT2D eigenvalue weighted by Crippen LogP contribution is 2.48. The zero-order chi connectivity index (χ0) is 46.0. The Balaban J connectivity index is 1.09. The lowest BCUT2D eigenvalue weighted by atomic mass is 9.65. The maximum absolute atomic E-state index is 2.44. The van der Waals surface area contributed by atoms with E-state index in [2.05, 4.69) is 301 Å². The normalized spacial score (nSPS) is 11.5. The fourth-order valence-electron chi connectivity index (χ4n) is 10.7. The van der Waals surface area contributed by atoms with Gasteiger partial charge in [-0.2, -0.15) is 0 Å². The van der Waals surface area contributed by atoms with Crippen LogP contribution >= 0.6 is 0 Å². The second kappa shape index (κ2) is 18.0. The van der Waals surface area contributed by atoms with Crippen LogP contribution in [0.15, 0.2) is 291 Å². The number of hydrogen-bond donors (Lipinski definition) is 0. The molecule has 12 rings (SSSR count).